The Bertz CT molecular complexity index is 1920. The summed E-state index contributed by atoms with van der Waals surface area (Å²) >= 11 is 13.6. The maximum absolute atomic E-state index is 16.8. The van der Waals surface area contributed by atoms with E-state index in [0.717, 1.165) is 5.56 Å². The molecule has 1 saturated heterocycles. The van der Waals surface area contributed by atoms with Crippen molar-refractivity contribution < 1.29 is 13.6 Å². The Balaban J connectivity index is 1.74. The summed E-state index contributed by atoms with van der Waals surface area (Å²) in [6.07, 6.45) is 2.93. The van der Waals surface area contributed by atoms with Crippen LogP contribution in [0.25, 0.3) is 27.7 Å². The summed E-state index contributed by atoms with van der Waals surface area (Å²) in [5, 5.41) is 0.0396. The third-order valence-corrected chi connectivity index (χ3v) is 9.93. The highest BCUT2D eigenvalue weighted by Crippen LogP contribution is 2.47. The van der Waals surface area contributed by atoms with E-state index >= 15 is 8.78 Å². The summed E-state index contributed by atoms with van der Waals surface area (Å²) in [6.45, 7) is 10.4. The number of nitrogens with zero attached hydrogens (tertiary/aromatic N) is 5. The number of nitrogens with two attached hydrogens (primary N) is 1. The summed E-state index contributed by atoms with van der Waals surface area (Å²) in [7, 11) is 0. The lowest BCUT2D eigenvalue weighted by molar-refractivity contribution is -0.126. The zero-order chi connectivity index (χ0) is 31.6. The van der Waals surface area contributed by atoms with Gasteiger partial charge >= 0.3 is 5.69 Å². The van der Waals surface area contributed by atoms with Crippen molar-refractivity contribution in [3.05, 3.63) is 80.5 Å². The minimum Gasteiger partial charge on any atom is -0.397 e. The first-order chi connectivity index (χ1) is 20.9. The number of aromatic nitrogens is 3. The molecule has 44 heavy (non-hydrogen) atoms. The van der Waals surface area contributed by atoms with Gasteiger partial charge in [-0.2, -0.15) is 4.98 Å². The highest BCUT2D eigenvalue weighted by molar-refractivity contribution is 7.99. The van der Waals surface area contributed by atoms with Crippen LogP contribution < -0.4 is 16.3 Å². The molecule has 8 nitrogen and oxygen atoms in total. The molecule has 2 aliphatic rings. The molecular formula is C31H28Cl2F2N6O2S. The number of pyridine rings is 1. The molecule has 13 heteroatoms. The number of aryl methyl sites for hydroxylation is 1. The predicted molar refractivity (Wildman–Crippen MR) is 172 cm³/mol. The number of fused-ring (bicyclic) bond motifs is 2. The van der Waals surface area contributed by atoms with Crippen molar-refractivity contribution >= 4 is 63.3 Å². The Labute approximate surface area is 266 Å². The van der Waals surface area contributed by atoms with Crippen molar-refractivity contribution in [3.63, 3.8) is 0 Å². The number of hydrogen-bond donors (Lipinski definition) is 1. The van der Waals surface area contributed by atoms with Crippen molar-refractivity contribution in [1.82, 2.24) is 19.4 Å². The van der Waals surface area contributed by atoms with Gasteiger partial charge in [-0.15, -0.1) is 11.8 Å². The number of carbonyl (C=O) groups is 1. The Morgan fingerprint density at radius 1 is 1.20 bits per heavy atom. The van der Waals surface area contributed by atoms with Gasteiger partial charge in [0.25, 0.3) is 0 Å². The molecule has 0 aliphatic carbocycles. The fourth-order valence-corrected chi connectivity index (χ4v) is 7.68. The number of hydrogen-bond acceptors (Lipinski definition) is 7. The summed E-state index contributed by atoms with van der Waals surface area (Å²) in [5.41, 5.74) is 7.16. The van der Waals surface area contributed by atoms with Crippen LogP contribution in [-0.2, 0) is 4.79 Å². The lowest BCUT2D eigenvalue weighted by atomic mass is 9.99. The maximum Gasteiger partial charge on any atom is 0.354 e. The molecule has 4 aromatic rings. The smallest absolute Gasteiger partial charge is 0.354 e. The molecule has 1 unspecified atom stereocenters. The lowest BCUT2D eigenvalue weighted by Gasteiger charge is -2.41. The van der Waals surface area contributed by atoms with Gasteiger partial charge in [-0.1, -0.05) is 43.6 Å². The molecule has 6 rings (SSSR count). The molecule has 1 fully saturated rings. The highest BCUT2D eigenvalue weighted by atomic mass is 35.5. The van der Waals surface area contributed by atoms with Crippen LogP contribution in [0.4, 0.5) is 20.3 Å². The van der Waals surface area contributed by atoms with Crippen LogP contribution in [0.15, 0.2) is 46.7 Å². The molecule has 2 N–H and O–H groups in total. The van der Waals surface area contributed by atoms with Gasteiger partial charge in [-0.3, -0.25) is 14.3 Å². The van der Waals surface area contributed by atoms with Gasteiger partial charge in [-0.25, -0.2) is 13.6 Å². The van der Waals surface area contributed by atoms with E-state index in [2.05, 4.69) is 16.5 Å². The fourth-order valence-electron chi connectivity index (χ4n) is 6.00. The minimum atomic E-state index is -0.933. The molecule has 0 radical (unpaired) electrons. The number of carbonyl (C=O) groups excluding carboxylic acids is 1. The van der Waals surface area contributed by atoms with E-state index < -0.39 is 17.3 Å². The zero-order valence-electron chi connectivity index (χ0n) is 24.1. The fraction of sp³-hybridized carbons (Fsp3) is 0.290. The molecule has 1 amide bonds. The SMILES string of the molecule is C=CC(=O)N1CCN2c3nc(=O)n(-c4c(C)ccnc4C(C)C)c4cc(-c5c(N)c(Cl)cc(Cl)c5F)c(F)c(c34)SCC2C1. The van der Waals surface area contributed by atoms with Crippen LogP contribution in [0, 0.1) is 18.6 Å². The van der Waals surface area contributed by atoms with Gasteiger partial charge in [-0.05, 0) is 42.7 Å². The normalized spacial score (nSPS) is 16.3. The molecule has 4 heterocycles. The topological polar surface area (TPSA) is 97.4 Å². The standard InChI is InChI=1S/C31H28Cl2F2N6O2S/c1-5-21(42)39-8-9-40-16(12-39)13-44-29-23-20(10-17(24(29)34)22-25(35)18(32)11-19(33)26(22)36)41(31(43)38-30(23)40)28-15(4)6-7-37-27(28)14(2)3/h5-7,10-11,14,16H,1,8-9,12-13,36H2,2-4H3. The molecule has 0 bridgehead atoms. The maximum atomic E-state index is 16.8. The summed E-state index contributed by atoms with van der Waals surface area (Å²) in [5.74, 6) is -1.31. The van der Waals surface area contributed by atoms with Gasteiger partial charge in [0.1, 0.15) is 11.6 Å². The van der Waals surface area contributed by atoms with Crippen molar-refractivity contribution in [3.8, 4) is 16.8 Å². The minimum absolute atomic E-state index is 0.0356. The molecule has 0 saturated carbocycles. The van der Waals surface area contributed by atoms with Crippen LogP contribution in [0.5, 0.6) is 0 Å². The number of nitrogen functional groups attached to an aromatic ring is 1. The van der Waals surface area contributed by atoms with Gasteiger partial charge < -0.3 is 15.5 Å². The molecule has 2 aliphatic heterocycles. The van der Waals surface area contributed by atoms with Gasteiger partial charge in [0.05, 0.1) is 49.0 Å². The first-order valence-electron chi connectivity index (χ1n) is 13.9. The third-order valence-electron chi connectivity index (χ3n) is 8.12. The van der Waals surface area contributed by atoms with Crippen molar-refractivity contribution in [2.75, 3.05) is 36.0 Å². The first kappa shape index (κ1) is 30.4. The number of anilines is 2. The molecule has 2 aromatic heterocycles. The first-order valence-corrected chi connectivity index (χ1v) is 15.7. The summed E-state index contributed by atoms with van der Waals surface area (Å²) < 4.78 is 33.9. The average molecular weight is 658 g/mol. The van der Waals surface area contributed by atoms with E-state index in [1.165, 1.54) is 34.5 Å². The van der Waals surface area contributed by atoms with E-state index in [9.17, 15) is 9.59 Å². The molecule has 2 aromatic carbocycles. The Morgan fingerprint density at radius 2 is 1.95 bits per heavy atom. The number of halogens is 4. The number of benzene rings is 2. The van der Waals surface area contributed by atoms with Crippen LogP contribution in [0.1, 0.15) is 31.0 Å². The van der Waals surface area contributed by atoms with Gasteiger partial charge in [0.15, 0.2) is 5.82 Å². The lowest BCUT2D eigenvalue weighted by Crippen LogP contribution is -2.56. The van der Waals surface area contributed by atoms with Crippen molar-refractivity contribution in [2.45, 2.75) is 37.6 Å². The van der Waals surface area contributed by atoms with Crippen LogP contribution in [0.2, 0.25) is 10.0 Å². The monoisotopic (exact) mass is 656 g/mol. The predicted octanol–water partition coefficient (Wildman–Crippen LogP) is 6.36. The Morgan fingerprint density at radius 3 is 2.66 bits per heavy atom. The van der Waals surface area contributed by atoms with Crippen LogP contribution in [0.3, 0.4) is 0 Å². The summed E-state index contributed by atoms with van der Waals surface area (Å²) in [6, 6.07) is 4.08. The van der Waals surface area contributed by atoms with E-state index in [4.69, 9.17) is 28.9 Å². The third kappa shape index (κ3) is 4.72. The van der Waals surface area contributed by atoms with Crippen LogP contribution >= 0.6 is 35.0 Å². The molecule has 228 valence electrons. The quantitative estimate of drug-likeness (QED) is 0.155. The number of thioether (sulfide) groups is 1. The average Bonchev–Trinajstić information content (AvgIpc) is 3.15. The zero-order valence-corrected chi connectivity index (χ0v) is 26.5. The second-order valence-electron chi connectivity index (χ2n) is 11.1. The number of amides is 1. The van der Waals surface area contributed by atoms with Crippen molar-refractivity contribution in [2.24, 2.45) is 0 Å². The molecule has 0 spiro atoms. The van der Waals surface area contributed by atoms with E-state index in [0.29, 0.717) is 53.5 Å². The number of piperazine rings is 1. The Hall–Kier alpha value is -3.67. The summed E-state index contributed by atoms with van der Waals surface area (Å²) in [4.78, 5) is 39.5. The molecular weight excluding hydrogens is 629 g/mol. The van der Waals surface area contributed by atoms with E-state index in [1.54, 1.807) is 17.2 Å². The van der Waals surface area contributed by atoms with Gasteiger partial charge in [0.2, 0.25) is 5.91 Å². The largest absolute Gasteiger partial charge is 0.397 e. The van der Waals surface area contributed by atoms with Crippen molar-refractivity contribution in [1.29, 1.82) is 0 Å². The molecule has 1 atom stereocenters. The van der Waals surface area contributed by atoms with E-state index in [-0.39, 0.29) is 49.6 Å². The Kier molecular flexibility index (Phi) is 7.84. The number of rotatable bonds is 4. The second kappa shape index (κ2) is 11.4. The van der Waals surface area contributed by atoms with E-state index in [1.807, 2.05) is 25.7 Å². The second-order valence-corrected chi connectivity index (χ2v) is 13.0. The highest BCUT2D eigenvalue weighted by Gasteiger charge is 2.37. The van der Waals surface area contributed by atoms with Gasteiger partial charge in [0, 0.05) is 42.7 Å². The van der Waals surface area contributed by atoms with Crippen LogP contribution in [-0.4, -0.2) is 56.8 Å².